The summed E-state index contributed by atoms with van der Waals surface area (Å²) in [6.45, 7) is 0.328. The molecule has 23 heavy (non-hydrogen) atoms. The van der Waals surface area contributed by atoms with Crippen molar-refractivity contribution in [1.29, 1.82) is 0 Å². The first kappa shape index (κ1) is 17.9. The molecule has 2 aromatic rings. The van der Waals surface area contributed by atoms with Crippen molar-refractivity contribution in [3.05, 3.63) is 47.3 Å². The van der Waals surface area contributed by atoms with E-state index in [9.17, 15) is 8.42 Å². The fourth-order valence-corrected chi connectivity index (χ4v) is 4.35. The first-order valence-corrected chi connectivity index (χ1v) is 9.64. The smallest absolute Gasteiger partial charge is 0.250 e. The molecule has 1 atom stereocenters. The van der Waals surface area contributed by atoms with Crippen LogP contribution in [0.25, 0.3) is 0 Å². The highest BCUT2D eigenvalue weighted by Crippen LogP contribution is 2.22. The minimum atomic E-state index is -3.44. The molecule has 0 bridgehead atoms. The number of rotatable bonds is 7. The Kier molecular flexibility index (Phi) is 5.80. The summed E-state index contributed by atoms with van der Waals surface area (Å²) in [5.41, 5.74) is 2.19. The second kappa shape index (κ2) is 7.44. The number of thiophene rings is 1. The molecule has 0 radical (unpaired) electrons. The number of sulfonamides is 1. The first-order chi connectivity index (χ1) is 10.8. The fourth-order valence-electron chi connectivity index (χ4n) is 2.27. The predicted molar refractivity (Wildman–Crippen MR) is 96.7 cm³/mol. The van der Waals surface area contributed by atoms with E-state index in [-0.39, 0.29) is 6.04 Å². The van der Waals surface area contributed by atoms with Gasteiger partial charge in [0, 0.05) is 32.4 Å². The molecule has 1 aromatic heterocycles. The van der Waals surface area contributed by atoms with Crippen molar-refractivity contribution in [2.75, 3.05) is 39.6 Å². The van der Waals surface area contributed by atoms with Gasteiger partial charge in [0.05, 0.1) is 0 Å². The lowest BCUT2D eigenvalue weighted by Crippen LogP contribution is -2.34. The highest BCUT2D eigenvalue weighted by molar-refractivity contribution is 7.91. The van der Waals surface area contributed by atoms with Crippen molar-refractivity contribution in [2.24, 2.45) is 0 Å². The summed E-state index contributed by atoms with van der Waals surface area (Å²) < 4.78 is 27.6. The summed E-state index contributed by atoms with van der Waals surface area (Å²) in [4.78, 5) is 4.05. The Labute approximate surface area is 142 Å². The molecule has 0 aliphatic rings. The van der Waals surface area contributed by atoms with Crippen LogP contribution in [0.2, 0.25) is 0 Å². The van der Waals surface area contributed by atoms with Crippen LogP contribution in [0, 0.1) is 0 Å². The van der Waals surface area contributed by atoms with Gasteiger partial charge in [0.25, 0.3) is 0 Å². The zero-order valence-electron chi connectivity index (χ0n) is 13.9. The molecule has 0 amide bonds. The minimum absolute atomic E-state index is 0.0269. The average molecular weight is 354 g/mol. The molecule has 1 heterocycles. The van der Waals surface area contributed by atoms with E-state index in [0.29, 0.717) is 10.8 Å². The molecule has 0 fully saturated rings. The maximum absolute atomic E-state index is 12.3. The van der Waals surface area contributed by atoms with E-state index < -0.39 is 10.0 Å². The van der Waals surface area contributed by atoms with Gasteiger partial charge in [-0.15, -0.1) is 11.3 Å². The lowest BCUT2D eigenvalue weighted by Gasteiger charge is -2.25. The van der Waals surface area contributed by atoms with Gasteiger partial charge in [-0.2, -0.15) is 0 Å². The van der Waals surface area contributed by atoms with Gasteiger partial charge in [-0.3, -0.25) is 0 Å². The highest BCUT2D eigenvalue weighted by Gasteiger charge is 2.20. The largest absolute Gasteiger partial charge is 0.378 e. The van der Waals surface area contributed by atoms with Gasteiger partial charge in [0.1, 0.15) is 4.21 Å². The number of nitrogens with zero attached hydrogens (tertiary/aromatic N) is 2. The zero-order valence-corrected chi connectivity index (χ0v) is 15.5. The van der Waals surface area contributed by atoms with E-state index in [1.807, 2.05) is 62.3 Å². The second-order valence-electron chi connectivity index (χ2n) is 5.75. The van der Waals surface area contributed by atoms with Gasteiger partial charge >= 0.3 is 0 Å². The third-order valence-corrected chi connectivity index (χ3v) is 6.47. The Balaban J connectivity index is 2.13. The van der Waals surface area contributed by atoms with Crippen LogP contribution in [0.4, 0.5) is 5.69 Å². The zero-order chi connectivity index (χ0) is 17.0. The number of likely N-dealkylation sites (N-methyl/N-ethyl adjacent to an activating group) is 1. The Morgan fingerprint density at radius 1 is 1.09 bits per heavy atom. The van der Waals surface area contributed by atoms with Crippen LogP contribution in [0.5, 0.6) is 0 Å². The summed E-state index contributed by atoms with van der Waals surface area (Å²) in [6, 6.07) is 11.5. The van der Waals surface area contributed by atoms with Crippen molar-refractivity contribution < 1.29 is 8.42 Å². The molecule has 0 unspecified atom stereocenters. The Morgan fingerprint density at radius 3 is 2.22 bits per heavy atom. The molecular weight excluding hydrogens is 330 g/mol. The van der Waals surface area contributed by atoms with Crippen molar-refractivity contribution in [3.8, 4) is 0 Å². The standard InChI is InChI=1S/C16H23N3O2S2/c1-18(2)14-9-7-13(8-10-14)15(19(3)4)12-17-23(20,21)16-6-5-11-22-16/h5-11,15,17H,12H2,1-4H3/t15-/m0/s1. The normalized spacial score (nSPS) is 13.3. The lowest BCUT2D eigenvalue weighted by atomic mass is 10.1. The first-order valence-electron chi connectivity index (χ1n) is 7.28. The van der Waals surface area contributed by atoms with E-state index in [0.717, 1.165) is 11.3 Å². The summed E-state index contributed by atoms with van der Waals surface area (Å²) in [5.74, 6) is 0. The van der Waals surface area contributed by atoms with Crippen LogP contribution >= 0.6 is 11.3 Å². The number of hydrogen-bond acceptors (Lipinski definition) is 5. The summed E-state index contributed by atoms with van der Waals surface area (Å²) in [7, 11) is 4.44. The van der Waals surface area contributed by atoms with Crippen molar-refractivity contribution in [3.63, 3.8) is 0 Å². The highest BCUT2D eigenvalue weighted by atomic mass is 32.2. The SMILES string of the molecule is CN(C)c1ccc([C@H](CNS(=O)(=O)c2cccs2)N(C)C)cc1. The molecule has 126 valence electrons. The van der Waals surface area contributed by atoms with Crippen molar-refractivity contribution in [2.45, 2.75) is 10.3 Å². The molecule has 0 saturated carbocycles. The maximum atomic E-state index is 12.3. The number of benzene rings is 1. The molecule has 0 aliphatic carbocycles. The van der Waals surface area contributed by atoms with E-state index in [1.165, 1.54) is 11.3 Å². The molecule has 7 heteroatoms. The molecule has 0 saturated heterocycles. The number of anilines is 1. The van der Waals surface area contributed by atoms with E-state index in [2.05, 4.69) is 4.72 Å². The van der Waals surface area contributed by atoms with Gasteiger partial charge in [-0.05, 0) is 43.2 Å². The Bertz CT molecular complexity index is 708. The van der Waals surface area contributed by atoms with Crippen LogP contribution in [0.15, 0.2) is 46.0 Å². The van der Waals surface area contributed by atoms with Gasteiger partial charge in [0.15, 0.2) is 0 Å². The molecule has 2 rings (SSSR count). The Hall–Kier alpha value is -1.41. The number of hydrogen-bond donors (Lipinski definition) is 1. The molecule has 1 aromatic carbocycles. The van der Waals surface area contributed by atoms with Crippen LogP contribution in [-0.4, -0.2) is 48.1 Å². The van der Waals surface area contributed by atoms with Crippen LogP contribution in [0.1, 0.15) is 11.6 Å². The van der Waals surface area contributed by atoms with E-state index in [4.69, 9.17) is 0 Å². The monoisotopic (exact) mass is 353 g/mol. The van der Waals surface area contributed by atoms with Crippen molar-refractivity contribution in [1.82, 2.24) is 9.62 Å². The molecule has 1 N–H and O–H groups in total. The Morgan fingerprint density at radius 2 is 1.74 bits per heavy atom. The van der Waals surface area contributed by atoms with Crippen molar-refractivity contribution >= 4 is 27.0 Å². The topological polar surface area (TPSA) is 52.7 Å². The van der Waals surface area contributed by atoms with Crippen LogP contribution in [-0.2, 0) is 10.0 Å². The summed E-state index contributed by atoms with van der Waals surface area (Å²) >= 11 is 1.22. The third kappa shape index (κ3) is 4.54. The quantitative estimate of drug-likeness (QED) is 0.830. The van der Waals surface area contributed by atoms with Crippen LogP contribution in [0.3, 0.4) is 0 Å². The molecule has 0 spiro atoms. The molecular formula is C16H23N3O2S2. The van der Waals surface area contributed by atoms with E-state index in [1.54, 1.807) is 17.5 Å². The van der Waals surface area contributed by atoms with E-state index >= 15 is 0 Å². The molecule has 5 nitrogen and oxygen atoms in total. The number of nitrogens with one attached hydrogen (secondary N) is 1. The molecule has 0 aliphatic heterocycles. The lowest BCUT2D eigenvalue weighted by molar-refractivity contribution is 0.299. The van der Waals surface area contributed by atoms with Gasteiger partial charge in [-0.25, -0.2) is 13.1 Å². The third-order valence-electron chi connectivity index (χ3n) is 3.64. The van der Waals surface area contributed by atoms with Gasteiger partial charge in [-0.1, -0.05) is 18.2 Å². The van der Waals surface area contributed by atoms with Crippen LogP contribution < -0.4 is 9.62 Å². The van der Waals surface area contributed by atoms with Gasteiger partial charge < -0.3 is 9.80 Å². The summed E-state index contributed by atoms with van der Waals surface area (Å²) in [5, 5.41) is 1.76. The summed E-state index contributed by atoms with van der Waals surface area (Å²) in [6.07, 6.45) is 0. The van der Waals surface area contributed by atoms with Gasteiger partial charge in [0.2, 0.25) is 10.0 Å². The minimum Gasteiger partial charge on any atom is -0.378 e. The average Bonchev–Trinajstić information content (AvgIpc) is 3.02. The maximum Gasteiger partial charge on any atom is 0.250 e. The fraction of sp³-hybridized carbons (Fsp3) is 0.375. The predicted octanol–water partition coefficient (Wildman–Crippen LogP) is 2.40. The second-order valence-corrected chi connectivity index (χ2v) is 8.69.